The fourth-order valence-corrected chi connectivity index (χ4v) is 1.62. The molecule has 0 radical (unpaired) electrons. The number of ether oxygens (including phenoxy) is 2. The molecular weight excluding hydrogens is 230 g/mol. The van der Waals surface area contributed by atoms with Gasteiger partial charge in [0.2, 0.25) is 0 Å². The van der Waals surface area contributed by atoms with Crippen LogP contribution in [0.25, 0.3) is 0 Å². The van der Waals surface area contributed by atoms with E-state index in [1.165, 1.54) is 0 Å². The molecule has 4 heteroatoms. The van der Waals surface area contributed by atoms with Gasteiger partial charge in [0.25, 0.3) is 5.91 Å². The third-order valence-corrected chi connectivity index (χ3v) is 2.63. The first-order valence-corrected chi connectivity index (χ1v) is 6.00. The van der Waals surface area contributed by atoms with E-state index in [4.69, 9.17) is 9.47 Å². The lowest BCUT2D eigenvalue weighted by molar-refractivity contribution is 0.0945. The first-order chi connectivity index (χ1) is 8.49. The Kier molecular flexibility index (Phi) is 5.01. The van der Waals surface area contributed by atoms with E-state index in [2.05, 4.69) is 5.32 Å². The van der Waals surface area contributed by atoms with Crippen molar-refractivity contribution in [1.82, 2.24) is 5.32 Å². The maximum Gasteiger partial charge on any atom is 0.255 e. The van der Waals surface area contributed by atoms with Crippen LogP contribution in [0.3, 0.4) is 0 Å². The number of rotatable bonds is 5. The Morgan fingerprint density at radius 3 is 2.33 bits per heavy atom. The fraction of sp³-hybridized carbons (Fsp3) is 0.500. The molecular formula is C14H21NO3. The molecule has 0 aliphatic rings. The summed E-state index contributed by atoms with van der Waals surface area (Å²) < 4.78 is 10.5. The third-order valence-electron chi connectivity index (χ3n) is 2.63. The van der Waals surface area contributed by atoms with Crippen molar-refractivity contribution in [2.75, 3.05) is 20.8 Å². The van der Waals surface area contributed by atoms with E-state index in [-0.39, 0.29) is 5.91 Å². The maximum absolute atomic E-state index is 12.1. The van der Waals surface area contributed by atoms with Crippen LogP contribution >= 0.6 is 0 Å². The van der Waals surface area contributed by atoms with Gasteiger partial charge in [-0.2, -0.15) is 0 Å². The van der Waals surface area contributed by atoms with Crippen LogP contribution in [-0.4, -0.2) is 26.7 Å². The second kappa shape index (κ2) is 6.28. The van der Waals surface area contributed by atoms with Crippen LogP contribution in [0.4, 0.5) is 0 Å². The van der Waals surface area contributed by atoms with Gasteiger partial charge in [-0.25, -0.2) is 0 Å². The SMILES string of the molecule is COc1cc(C(=O)NCC(C)C)c(OC)cc1C. The van der Waals surface area contributed by atoms with Crippen molar-refractivity contribution < 1.29 is 14.3 Å². The van der Waals surface area contributed by atoms with Gasteiger partial charge >= 0.3 is 0 Å². The van der Waals surface area contributed by atoms with Gasteiger partial charge in [0.1, 0.15) is 11.5 Å². The number of methoxy groups -OCH3 is 2. The van der Waals surface area contributed by atoms with Crippen molar-refractivity contribution >= 4 is 5.91 Å². The van der Waals surface area contributed by atoms with Crippen LogP contribution in [0, 0.1) is 12.8 Å². The summed E-state index contributed by atoms with van der Waals surface area (Å²) in [6, 6.07) is 3.52. The Balaban J connectivity index is 3.02. The standard InChI is InChI=1S/C14H21NO3/c1-9(2)8-15-14(16)11-7-12(17-4)10(3)6-13(11)18-5/h6-7,9H,8H2,1-5H3,(H,15,16). The highest BCUT2D eigenvalue weighted by Gasteiger charge is 2.15. The van der Waals surface area contributed by atoms with E-state index in [1.54, 1.807) is 20.3 Å². The Bertz CT molecular complexity index is 427. The molecule has 0 spiro atoms. The first kappa shape index (κ1) is 14.4. The normalized spacial score (nSPS) is 10.3. The van der Waals surface area contributed by atoms with Crippen LogP contribution in [0.2, 0.25) is 0 Å². The average molecular weight is 251 g/mol. The van der Waals surface area contributed by atoms with Gasteiger partial charge in [-0.05, 0) is 30.5 Å². The lowest BCUT2D eigenvalue weighted by Crippen LogP contribution is -2.27. The number of aryl methyl sites for hydroxylation is 1. The Hall–Kier alpha value is -1.71. The molecule has 0 aliphatic heterocycles. The van der Waals surface area contributed by atoms with Crippen LogP contribution < -0.4 is 14.8 Å². The molecule has 100 valence electrons. The topological polar surface area (TPSA) is 47.6 Å². The summed E-state index contributed by atoms with van der Waals surface area (Å²) in [5.74, 6) is 1.52. The van der Waals surface area contributed by atoms with Crippen molar-refractivity contribution in [1.29, 1.82) is 0 Å². The summed E-state index contributed by atoms with van der Waals surface area (Å²) >= 11 is 0. The van der Waals surface area contributed by atoms with Crippen molar-refractivity contribution in [3.05, 3.63) is 23.3 Å². The molecule has 0 aliphatic carbocycles. The second-order valence-corrected chi connectivity index (χ2v) is 4.63. The molecule has 0 aromatic heterocycles. The molecule has 0 fully saturated rings. The number of hydrogen-bond donors (Lipinski definition) is 1. The molecule has 0 atom stereocenters. The summed E-state index contributed by atoms with van der Waals surface area (Å²) in [5, 5.41) is 2.87. The largest absolute Gasteiger partial charge is 0.496 e. The minimum atomic E-state index is -0.140. The maximum atomic E-state index is 12.1. The molecule has 1 rings (SSSR count). The lowest BCUT2D eigenvalue weighted by Gasteiger charge is -2.13. The van der Waals surface area contributed by atoms with Crippen molar-refractivity contribution in [3.8, 4) is 11.5 Å². The number of carbonyl (C=O) groups excluding carboxylic acids is 1. The molecule has 1 aromatic rings. The van der Waals surface area contributed by atoms with Gasteiger partial charge in [0.15, 0.2) is 0 Å². The molecule has 0 bridgehead atoms. The number of benzene rings is 1. The lowest BCUT2D eigenvalue weighted by atomic mass is 10.1. The molecule has 1 amide bonds. The molecule has 0 heterocycles. The number of nitrogens with one attached hydrogen (secondary N) is 1. The zero-order valence-corrected chi connectivity index (χ0v) is 11.7. The number of amides is 1. The third kappa shape index (κ3) is 3.39. The van der Waals surface area contributed by atoms with E-state index in [1.807, 2.05) is 26.8 Å². The highest BCUT2D eigenvalue weighted by molar-refractivity contribution is 5.97. The monoisotopic (exact) mass is 251 g/mol. The predicted molar refractivity (Wildman–Crippen MR) is 71.5 cm³/mol. The predicted octanol–water partition coefficient (Wildman–Crippen LogP) is 2.40. The van der Waals surface area contributed by atoms with Crippen molar-refractivity contribution in [3.63, 3.8) is 0 Å². The highest BCUT2D eigenvalue weighted by Crippen LogP contribution is 2.28. The minimum absolute atomic E-state index is 0.140. The summed E-state index contributed by atoms with van der Waals surface area (Å²) in [4.78, 5) is 12.1. The second-order valence-electron chi connectivity index (χ2n) is 4.63. The Morgan fingerprint density at radius 2 is 1.83 bits per heavy atom. The summed E-state index contributed by atoms with van der Waals surface area (Å²) in [5.41, 5.74) is 1.44. The van der Waals surface area contributed by atoms with Crippen molar-refractivity contribution in [2.24, 2.45) is 5.92 Å². The highest BCUT2D eigenvalue weighted by atomic mass is 16.5. The van der Waals surface area contributed by atoms with E-state index < -0.39 is 0 Å². The molecule has 0 unspecified atom stereocenters. The first-order valence-electron chi connectivity index (χ1n) is 6.00. The number of hydrogen-bond acceptors (Lipinski definition) is 3. The summed E-state index contributed by atoms with van der Waals surface area (Å²) in [7, 11) is 3.14. The number of carbonyl (C=O) groups is 1. The molecule has 0 saturated heterocycles. The van der Waals surface area contributed by atoms with Gasteiger partial charge in [0, 0.05) is 6.54 Å². The van der Waals surface area contributed by atoms with Gasteiger partial charge in [-0.3, -0.25) is 4.79 Å². The minimum Gasteiger partial charge on any atom is -0.496 e. The molecule has 0 saturated carbocycles. The van der Waals surface area contributed by atoms with E-state index in [9.17, 15) is 4.79 Å². The molecule has 4 nitrogen and oxygen atoms in total. The summed E-state index contributed by atoms with van der Waals surface area (Å²) in [6.07, 6.45) is 0. The van der Waals surface area contributed by atoms with E-state index in [0.717, 1.165) is 5.56 Å². The summed E-state index contributed by atoms with van der Waals surface area (Å²) in [6.45, 7) is 6.65. The van der Waals surface area contributed by atoms with Crippen molar-refractivity contribution in [2.45, 2.75) is 20.8 Å². The Labute approximate surface area is 108 Å². The zero-order chi connectivity index (χ0) is 13.7. The van der Waals surface area contributed by atoms with Gasteiger partial charge in [-0.15, -0.1) is 0 Å². The zero-order valence-electron chi connectivity index (χ0n) is 11.7. The van der Waals surface area contributed by atoms with Crippen LogP contribution in [0.15, 0.2) is 12.1 Å². The van der Waals surface area contributed by atoms with E-state index in [0.29, 0.717) is 29.5 Å². The smallest absolute Gasteiger partial charge is 0.255 e. The quantitative estimate of drug-likeness (QED) is 0.874. The van der Waals surface area contributed by atoms with Crippen LogP contribution in [-0.2, 0) is 0 Å². The fourth-order valence-electron chi connectivity index (χ4n) is 1.62. The van der Waals surface area contributed by atoms with Gasteiger partial charge < -0.3 is 14.8 Å². The average Bonchev–Trinajstić information content (AvgIpc) is 2.35. The Morgan fingerprint density at radius 1 is 1.22 bits per heavy atom. The van der Waals surface area contributed by atoms with Gasteiger partial charge in [0.05, 0.1) is 19.8 Å². The molecule has 1 N–H and O–H groups in total. The molecule has 1 aromatic carbocycles. The van der Waals surface area contributed by atoms with Gasteiger partial charge in [-0.1, -0.05) is 13.8 Å². The molecule has 18 heavy (non-hydrogen) atoms. The van der Waals surface area contributed by atoms with Crippen LogP contribution in [0.5, 0.6) is 11.5 Å². The van der Waals surface area contributed by atoms with Crippen LogP contribution in [0.1, 0.15) is 29.8 Å². The van der Waals surface area contributed by atoms with E-state index >= 15 is 0 Å².